The van der Waals surface area contributed by atoms with Gasteiger partial charge in [-0.05, 0) is 29.8 Å². The maximum absolute atomic E-state index is 13.9. The number of carbonyl (C=O) groups is 2. The third kappa shape index (κ3) is 3.32. The third-order valence-electron chi connectivity index (χ3n) is 4.34. The standard InChI is InChI=1S/C20H17F3N2O2/c1-24(2)16-9-8-15-17(18(16)20(21,22)23)14(10-11-26)12-25(15)19(27)13-6-4-3-5-7-13/h3-9,11-12H,10H2,1-2H3. The molecule has 3 rings (SSSR count). The molecule has 0 saturated heterocycles. The van der Waals surface area contributed by atoms with Gasteiger partial charge in [0, 0.05) is 43.4 Å². The Morgan fingerprint density at radius 1 is 1.11 bits per heavy atom. The minimum Gasteiger partial charge on any atom is -0.377 e. The molecule has 3 aromatic rings. The topological polar surface area (TPSA) is 42.3 Å². The summed E-state index contributed by atoms with van der Waals surface area (Å²) >= 11 is 0. The minimum atomic E-state index is -4.64. The van der Waals surface area contributed by atoms with Crippen LogP contribution in [0.25, 0.3) is 10.9 Å². The molecule has 0 aliphatic heterocycles. The van der Waals surface area contributed by atoms with Gasteiger partial charge in [0.15, 0.2) is 0 Å². The molecule has 1 aromatic heterocycles. The van der Waals surface area contributed by atoms with Gasteiger partial charge in [-0.1, -0.05) is 18.2 Å². The fourth-order valence-electron chi connectivity index (χ4n) is 3.19. The third-order valence-corrected chi connectivity index (χ3v) is 4.34. The zero-order chi connectivity index (χ0) is 19.8. The largest absolute Gasteiger partial charge is 0.419 e. The molecule has 0 bridgehead atoms. The summed E-state index contributed by atoms with van der Waals surface area (Å²) in [5, 5.41) is -0.120. The highest BCUT2D eigenvalue weighted by Crippen LogP contribution is 2.43. The zero-order valence-corrected chi connectivity index (χ0v) is 14.7. The average molecular weight is 374 g/mol. The van der Waals surface area contributed by atoms with Crippen molar-refractivity contribution in [3.8, 4) is 0 Å². The maximum atomic E-state index is 13.9. The number of hydrogen-bond acceptors (Lipinski definition) is 3. The maximum Gasteiger partial charge on any atom is 0.419 e. The van der Waals surface area contributed by atoms with Gasteiger partial charge in [0.1, 0.15) is 6.29 Å². The second-order valence-electron chi connectivity index (χ2n) is 6.31. The number of halogens is 3. The summed E-state index contributed by atoms with van der Waals surface area (Å²) in [6.45, 7) is 0. The molecule has 2 aromatic carbocycles. The van der Waals surface area contributed by atoms with Crippen LogP contribution in [0.2, 0.25) is 0 Å². The SMILES string of the molecule is CN(C)c1ccc2c(c(CC=O)cn2C(=O)c2ccccc2)c1C(F)(F)F. The molecule has 140 valence electrons. The van der Waals surface area contributed by atoms with Gasteiger partial charge in [0.25, 0.3) is 5.91 Å². The Bertz CT molecular complexity index is 1010. The summed E-state index contributed by atoms with van der Waals surface area (Å²) in [4.78, 5) is 25.3. The molecular formula is C20H17F3N2O2. The summed E-state index contributed by atoms with van der Waals surface area (Å²) in [5.74, 6) is -0.455. The fourth-order valence-corrected chi connectivity index (χ4v) is 3.19. The highest BCUT2D eigenvalue weighted by Gasteiger charge is 2.38. The van der Waals surface area contributed by atoms with Crippen molar-refractivity contribution in [3.63, 3.8) is 0 Å². The molecule has 7 heteroatoms. The van der Waals surface area contributed by atoms with Gasteiger partial charge < -0.3 is 9.69 Å². The molecule has 0 N–H and O–H groups in total. The number of benzene rings is 2. The van der Waals surface area contributed by atoms with E-state index in [0.717, 1.165) is 0 Å². The predicted molar refractivity (Wildman–Crippen MR) is 97.2 cm³/mol. The van der Waals surface area contributed by atoms with E-state index in [-0.39, 0.29) is 28.6 Å². The number of fused-ring (bicyclic) bond motifs is 1. The van der Waals surface area contributed by atoms with E-state index >= 15 is 0 Å². The Balaban J connectivity index is 2.36. The zero-order valence-electron chi connectivity index (χ0n) is 14.7. The van der Waals surface area contributed by atoms with Gasteiger partial charge in [0.2, 0.25) is 0 Å². The Hall–Kier alpha value is -3.09. The van der Waals surface area contributed by atoms with Crippen LogP contribution >= 0.6 is 0 Å². The van der Waals surface area contributed by atoms with Crippen molar-refractivity contribution in [3.05, 3.63) is 65.4 Å². The van der Waals surface area contributed by atoms with E-state index in [0.29, 0.717) is 11.8 Å². The van der Waals surface area contributed by atoms with E-state index < -0.39 is 17.6 Å². The number of hydrogen-bond donors (Lipinski definition) is 0. The van der Waals surface area contributed by atoms with Gasteiger partial charge in [-0.25, -0.2) is 0 Å². The van der Waals surface area contributed by atoms with Gasteiger partial charge >= 0.3 is 6.18 Å². The first-order chi connectivity index (χ1) is 12.8. The Morgan fingerprint density at radius 2 is 1.78 bits per heavy atom. The first-order valence-corrected chi connectivity index (χ1v) is 8.20. The molecule has 27 heavy (non-hydrogen) atoms. The van der Waals surface area contributed by atoms with Crippen molar-refractivity contribution >= 4 is 28.8 Å². The van der Waals surface area contributed by atoms with Gasteiger partial charge in [-0.15, -0.1) is 0 Å². The molecule has 0 amide bonds. The van der Waals surface area contributed by atoms with Crippen LogP contribution in [0.15, 0.2) is 48.7 Å². The Kier molecular flexibility index (Phi) is 4.78. The van der Waals surface area contributed by atoms with E-state index in [1.54, 1.807) is 30.3 Å². The number of rotatable bonds is 4. The minimum absolute atomic E-state index is 0.0212. The van der Waals surface area contributed by atoms with Crippen LogP contribution in [0.1, 0.15) is 21.5 Å². The van der Waals surface area contributed by atoms with Crippen LogP contribution in [-0.2, 0) is 17.4 Å². The molecule has 1 heterocycles. The summed E-state index contributed by atoms with van der Waals surface area (Å²) in [6.07, 6.45) is -3.00. The fraction of sp³-hybridized carbons (Fsp3) is 0.200. The van der Waals surface area contributed by atoms with E-state index in [2.05, 4.69) is 0 Å². The number of anilines is 1. The lowest BCUT2D eigenvalue weighted by molar-refractivity contribution is -0.135. The van der Waals surface area contributed by atoms with E-state index in [1.807, 2.05) is 0 Å². The van der Waals surface area contributed by atoms with E-state index in [9.17, 15) is 22.8 Å². The van der Waals surface area contributed by atoms with Crippen molar-refractivity contribution in [1.82, 2.24) is 4.57 Å². The second kappa shape index (κ2) is 6.90. The van der Waals surface area contributed by atoms with Crippen LogP contribution < -0.4 is 4.90 Å². The smallest absolute Gasteiger partial charge is 0.377 e. The van der Waals surface area contributed by atoms with Crippen LogP contribution in [0.5, 0.6) is 0 Å². The highest BCUT2D eigenvalue weighted by atomic mass is 19.4. The Morgan fingerprint density at radius 3 is 2.33 bits per heavy atom. The molecule has 0 radical (unpaired) electrons. The quantitative estimate of drug-likeness (QED) is 0.644. The molecule has 0 atom stereocenters. The first kappa shape index (κ1) is 18.7. The number of carbonyl (C=O) groups excluding carboxylic acids is 2. The molecule has 0 aliphatic carbocycles. The molecule has 0 spiro atoms. The normalized spacial score (nSPS) is 11.6. The first-order valence-electron chi connectivity index (χ1n) is 8.20. The summed E-state index contributed by atoms with van der Waals surface area (Å²) < 4.78 is 42.8. The van der Waals surface area contributed by atoms with Crippen molar-refractivity contribution in [1.29, 1.82) is 0 Å². The van der Waals surface area contributed by atoms with Crippen LogP contribution in [0.3, 0.4) is 0 Å². The lowest BCUT2D eigenvalue weighted by atomic mass is 10.0. The highest BCUT2D eigenvalue weighted by molar-refractivity contribution is 6.05. The molecular weight excluding hydrogens is 357 g/mol. The second-order valence-corrected chi connectivity index (χ2v) is 6.31. The van der Waals surface area contributed by atoms with E-state index in [1.165, 1.54) is 41.9 Å². The Labute approximate surface area is 153 Å². The summed E-state index contributed by atoms with van der Waals surface area (Å²) in [7, 11) is 3.03. The van der Waals surface area contributed by atoms with Gasteiger partial charge in [-0.2, -0.15) is 13.2 Å². The molecule has 0 unspecified atom stereocenters. The van der Waals surface area contributed by atoms with Crippen molar-refractivity contribution in [2.75, 3.05) is 19.0 Å². The van der Waals surface area contributed by atoms with Gasteiger partial charge in [-0.3, -0.25) is 9.36 Å². The van der Waals surface area contributed by atoms with Gasteiger partial charge in [0.05, 0.1) is 11.1 Å². The van der Waals surface area contributed by atoms with Crippen LogP contribution in [0, 0.1) is 0 Å². The van der Waals surface area contributed by atoms with Crippen molar-refractivity contribution in [2.45, 2.75) is 12.6 Å². The van der Waals surface area contributed by atoms with Crippen molar-refractivity contribution < 1.29 is 22.8 Å². The lowest BCUT2D eigenvalue weighted by Gasteiger charge is -2.21. The predicted octanol–water partition coefficient (Wildman–Crippen LogP) is 4.16. The molecule has 0 saturated carbocycles. The molecule has 4 nitrogen and oxygen atoms in total. The van der Waals surface area contributed by atoms with Crippen molar-refractivity contribution in [2.24, 2.45) is 0 Å². The van der Waals surface area contributed by atoms with Crippen LogP contribution in [-0.4, -0.2) is 30.9 Å². The molecule has 0 aliphatic rings. The molecule has 0 fully saturated rings. The summed E-state index contributed by atoms with van der Waals surface area (Å²) in [5.41, 5.74) is -0.232. The summed E-state index contributed by atoms with van der Waals surface area (Å²) in [6, 6.07) is 11.1. The average Bonchev–Trinajstić information content (AvgIpc) is 2.99. The number of aromatic nitrogens is 1. The number of aldehydes is 1. The van der Waals surface area contributed by atoms with E-state index in [4.69, 9.17) is 0 Å². The van der Waals surface area contributed by atoms with Crippen LogP contribution in [0.4, 0.5) is 18.9 Å². The number of alkyl halides is 3. The lowest BCUT2D eigenvalue weighted by Crippen LogP contribution is -2.17. The number of nitrogens with zero attached hydrogens (tertiary/aromatic N) is 2. The monoisotopic (exact) mass is 374 g/mol.